The van der Waals surface area contributed by atoms with Crippen molar-refractivity contribution in [2.45, 2.75) is 0 Å². The van der Waals surface area contributed by atoms with Gasteiger partial charge in [-0.3, -0.25) is 4.79 Å². The predicted octanol–water partition coefficient (Wildman–Crippen LogP) is -0.0683. The van der Waals surface area contributed by atoms with Gasteiger partial charge in [0, 0.05) is 32.0 Å². The van der Waals surface area contributed by atoms with E-state index in [4.69, 9.17) is 5.73 Å². The van der Waals surface area contributed by atoms with E-state index >= 15 is 0 Å². The number of amides is 1. The van der Waals surface area contributed by atoms with Gasteiger partial charge in [0.1, 0.15) is 0 Å². The summed E-state index contributed by atoms with van der Waals surface area (Å²) >= 11 is 0. The number of hydrogen-bond acceptors (Lipinski definition) is 5. The highest BCUT2D eigenvalue weighted by atomic mass is 32.2. The van der Waals surface area contributed by atoms with E-state index in [2.05, 4.69) is 10.0 Å². The molecule has 112 valence electrons. The number of sulfonamides is 1. The zero-order chi connectivity index (χ0) is 15.3. The Balaban J connectivity index is 2.88. The number of anilines is 2. The molecule has 8 heteroatoms. The van der Waals surface area contributed by atoms with Gasteiger partial charge in [-0.2, -0.15) is 0 Å². The normalized spacial score (nSPS) is 11.2. The van der Waals surface area contributed by atoms with E-state index in [9.17, 15) is 13.2 Å². The number of benzene rings is 1. The fraction of sp³-hybridized carbons (Fsp3) is 0.417. The van der Waals surface area contributed by atoms with Crippen LogP contribution in [-0.2, 0) is 10.0 Å². The van der Waals surface area contributed by atoms with E-state index in [0.29, 0.717) is 16.9 Å². The summed E-state index contributed by atoms with van der Waals surface area (Å²) in [6.07, 6.45) is 0. The van der Waals surface area contributed by atoms with E-state index in [1.165, 1.54) is 11.9 Å². The molecule has 1 rings (SSSR count). The Morgan fingerprint density at radius 3 is 2.55 bits per heavy atom. The lowest BCUT2D eigenvalue weighted by molar-refractivity contribution is 0.0828. The molecule has 1 aromatic carbocycles. The molecule has 0 aliphatic heterocycles. The highest BCUT2D eigenvalue weighted by Crippen LogP contribution is 2.20. The lowest BCUT2D eigenvalue weighted by Gasteiger charge is -2.16. The standard InChI is InChI=1S/C12H20N4O3S/c1-14-20(18,19)7-6-15-11-8-9(13)4-5-10(11)12(17)16(2)3/h4-5,8,14-15H,6-7,13H2,1-3H3. The summed E-state index contributed by atoms with van der Waals surface area (Å²) in [7, 11) is 1.36. The van der Waals surface area contributed by atoms with Crippen LogP contribution in [-0.4, -0.2) is 52.7 Å². The summed E-state index contributed by atoms with van der Waals surface area (Å²) in [6.45, 7) is 0.181. The first-order chi connectivity index (χ1) is 9.26. The molecule has 0 aliphatic carbocycles. The molecule has 0 unspecified atom stereocenters. The van der Waals surface area contributed by atoms with Gasteiger partial charge < -0.3 is 16.0 Å². The highest BCUT2D eigenvalue weighted by Gasteiger charge is 2.14. The summed E-state index contributed by atoms with van der Waals surface area (Å²) in [5, 5.41) is 2.93. The molecular formula is C12H20N4O3S. The number of rotatable bonds is 6. The van der Waals surface area contributed by atoms with Crippen molar-refractivity contribution in [2.24, 2.45) is 0 Å². The summed E-state index contributed by atoms with van der Waals surface area (Å²) < 4.78 is 24.9. The fourth-order valence-electron chi connectivity index (χ4n) is 1.56. The van der Waals surface area contributed by atoms with Gasteiger partial charge in [0.2, 0.25) is 10.0 Å². The van der Waals surface area contributed by atoms with Crippen LogP contribution in [0, 0.1) is 0 Å². The van der Waals surface area contributed by atoms with Crippen LogP contribution in [0.15, 0.2) is 18.2 Å². The van der Waals surface area contributed by atoms with Gasteiger partial charge in [-0.25, -0.2) is 13.1 Å². The molecular weight excluding hydrogens is 280 g/mol. The summed E-state index contributed by atoms with van der Waals surface area (Å²) in [4.78, 5) is 13.5. The Kier molecular flexibility index (Phi) is 5.34. The average molecular weight is 300 g/mol. The Morgan fingerprint density at radius 2 is 2.00 bits per heavy atom. The highest BCUT2D eigenvalue weighted by molar-refractivity contribution is 7.89. The third kappa shape index (κ3) is 4.39. The minimum Gasteiger partial charge on any atom is -0.399 e. The van der Waals surface area contributed by atoms with Crippen molar-refractivity contribution in [3.8, 4) is 0 Å². The lowest BCUT2D eigenvalue weighted by atomic mass is 10.1. The van der Waals surface area contributed by atoms with Crippen molar-refractivity contribution in [1.29, 1.82) is 0 Å². The Morgan fingerprint density at radius 1 is 1.35 bits per heavy atom. The quantitative estimate of drug-likeness (QED) is 0.638. The number of nitrogen functional groups attached to an aromatic ring is 1. The van der Waals surface area contributed by atoms with E-state index < -0.39 is 10.0 Å². The zero-order valence-electron chi connectivity index (χ0n) is 11.8. The van der Waals surface area contributed by atoms with Crippen molar-refractivity contribution >= 4 is 27.3 Å². The predicted molar refractivity (Wildman–Crippen MR) is 80.2 cm³/mol. The van der Waals surface area contributed by atoms with Crippen LogP contribution in [0.4, 0.5) is 11.4 Å². The molecule has 0 saturated heterocycles. The minimum absolute atomic E-state index is 0.0894. The maximum absolute atomic E-state index is 12.0. The summed E-state index contributed by atoms with van der Waals surface area (Å²) in [5.74, 6) is -0.266. The number of nitrogens with zero attached hydrogens (tertiary/aromatic N) is 1. The number of carbonyl (C=O) groups excluding carboxylic acids is 1. The number of carbonyl (C=O) groups is 1. The molecule has 20 heavy (non-hydrogen) atoms. The Labute approximate surface area is 119 Å². The van der Waals surface area contributed by atoms with Gasteiger partial charge in [0.15, 0.2) is 0 Å². The molecule has 0 radical (unpaired) electrons. The fourth-order valence-corrected chi connectivity index (χ4v) is 2.13. The van der Waals surface area contributed by atoms with Crippen LogP contribution in [0.2, 0.25) is 0 Å². The first-order valence-corrected chi connectivity index (χ1v) is 7.68. The van der Waals surface area contributed by atoms with Crippen LogP contribution < -0.4 is 15.8 Å². The maximum Gasteiger partial charge on any atom is 0.255 e. The Hall–Kier alpha value is -1.80. The molecule has 0 bridgehead atoms. The van der Waals surface area contributed by atoms with Gasteiger partial charge in [-0.05, 0) is 25.2 Å². The second kappa shape index (κ2) is 6.58. The zero-order valence-corrected chi connectivity index (χ0v) is 12.6. The SMILES string of the molecule is CNS(=O)(=O)CCNc1cc(N)ccc1C(=O)N(C)C. The van der Waals surface area contributed by atoms with Gasteiger partial charge >= 0.3 is 0 Å². The van der Waals surface area contributed by atoms with Crippen molar-refractivity contribution in [3.05, 3.63) is 23.8 Å². The largest absolute Gasteiger partial charge is 0.399 e. The maximum atomic E-state index is 12.0. The first-order valence-electron chi connectivity index (χ1n) is 6.03. The molecule has 0 heterocycles. The van der Waals surface area contributed by atoms with Crippen molar-refractivity contribution in [2.75, 3.05) is 44.5 Å². The topological polar surface area (TPSA) is 105 Å². The van der Waals surface area contributed by atoms with Gasteiger partial charge in [-0.1, -0.05) is 0 Å². The molecule has 0 atom stereocenters. The summed E-state index contributed by atoms with van der Waals surface area (Å²) in [6, 6.07) is 4.86. The van der Waals surface area contributed by atoms with Crippen LogP contribution in [0.1, 0.15) is 10.4 Å². The van der Waals surface area contributed by atoms with Crippen molar-refractivity contribution in [1.82, 2.24) is 9.62 Å². The number of nitrogens with two attached hydrogens (primary N) is 1. The van der Waals surface area contributed by atoms with Gasteiger partial charge in [0.05, 0.1) is 11.3 Å². The van der Waals surface area contributed by atoms with Crippen LogP contribution in [0.5, 0.6) is 0 Å². The van der Waals surface area contributed by atoms with Crippen molar-refractivity contribution in [3.63, 3.8) is 0 Å². The van der Waals surface area contributed by atoms with E-state index in [-0.39, 0.29) is 18.2 Å². The average Bonchev–Trinajstić information content (AvgIpc) is 2.38. The molecule has 7 nitrogen and oxygen atoms in total. The van der Waals surface area contributed by atoms with Crippen LogP contribution in [0.25, 0.3) is 0 Å². The van der Waals surface area contributed by atoms with Crippen LogP contribution >= 0.6 is 0 Å². The monoisotopic (exact) mass is 300 g/mol. The Bertz CT molecular complexity index is 584. The molecule has 0 aromatic heterocycles. The van der Waals surface area contributed by atoms with Gasteiger partial charge in [-0.15, -0.1) is 0 Å². The van der Waals surface area contributed by atoms with Crippen LogP contribution in [0.3, 0.4) is 0 Å². The van der Waals surface area contributed by atoms with E-state index in [1.807, 2.05) is 0 Å². The lowest BCUT2D eigenvalue weighted by Crippen LogP contribution is -2.27. The molecule has 4 N–H and O–H groups in total. The van der Waals surface area contributed by atoms with E-state index in [1.54, 1.807) is 32.3 Å². The molecule has 0 fully saturated rings. The second-order valence-corrected chi connectivity index (χ2v) is 6.50. The second-order valence-electron chi connectivity index (χ2n) is 4.45. The molecule has 0 saturated carbocycles. The van der Waals surface area contributed by atoms with Gasteiger partial charge in [0.25, 0.3) is 5.91 Å². The molecule has 1 amide bonds. The number of nitrogens with one attached hydrogen (secondary N) is 2. The number of hydrogen-bond donors (Lipinski definition) is 3. The molecule has 0 spiro atoms. The third-order valence-corrected chi connectivity index (χ3v) is 4.04. The third-order valence-electron chi connectivity index (χ3n) is 2.68. The minimum atomic E-state index is -3.29. The molecule has 0 aliphatic rings. The molecule has 1 aromatic rings. The summed E-state index contributed by atoms with van der Waals surface area (Å²) in [5.41, 5.74) is 7.16. The first kappa shape index (κ1) is 16.3. The smallest absolute Gasteiger partial charge is 0.255 e. The van der Waals surface area contributed by atoms with E-state index in [0.717, 1.165) is 0 Å². The van der Waals surface area contributed by atoms with Crippen molar-refractivity contribution < 1.29 is 13.2 Å².